The number of nitrogens with zero attached hydrogens (tertiary/aromatic N) is 2. The minimum Gasteiger partial charge on any atom is -0.367 e. The molecule has 0 fully saturated rings. The molecule has 0 saturated carbocycles. The summed E-state index contributed by atoms with van der Waals surface area (Å²) in [4.78, 5) is 3.77. The monoisotopic (exact) mass is 284 g/mol. The molecule has 2 aromatic rings. The highest BCUT2D eigenvalue weighted by molar-refractivity contribution is 5.37. The fraction of sp³-hybridized carbons (Fsp3) is 0.385. The number of aromatic nitrogens is 3. The predicted octanol–water partition coefficient (Wildman–Crippen LogP) is 3.18. The summed E-state index contributed by atoms with van der Waals surface area (Å²) in [5, 5.41) is 10.00. The van der Waals surface area contributed by atoms with E-state index >= 15 is 0 Å². The summed E-state index contributed by atoms with van der Waals surface area (Å²) in [7, 11) is 0. The minimum atomic E-state index is -4.36. The van der Waals surface area contributed by atoms with Crippen LogP contribution >= 0.6 is 0 Å². The van der Waals surface area contributed by atoms with E-state index in [4.69, 9.17) is 0 Å². The maximum absolute atomic E-state index is 12.4. The Morgan fingerprint density at radius 2 is 2.10 bits per heavy atom. The summed E-state index contributed by atoms with van der Waals surface area (Å²) in [6.07, 6.45) is -2.87. The van der Waals surface area contributed by atoms with Gasteiger partial charge in [-0.2, -0.15) is 18.3 Å². The zero-order chi connectivity index (χ0) is 14.8. The van der Waals surface area contributed by atoms with Crippen molar-refractivity contribution in [2.75, 3.05) is 5.32 Å². The van der Waals surface area contributed by atoms with Crippen LogP contribution < -0.4 is 5.32 Å². The summed E-state index contributed by atoms with van der Waals surface area (Å²) in [5.74, 6) is 0.415. The van der Waals surface area contributed by atoms with Crippen LogP contribution in [-0.4, -0.2) is 21.2 Å². The van der Waals surface area contributed by atoms with Gasteiger partial charge in [0, 0.05) is 24.4 Å². The molecule has 0 aliphatic carbocycles. The molecular weight excluding hydrogens is 269 g/mol. The summed E-state index contributed by atoms with van der Waals surface area (Å²) >= 11 is 0. The van der Waals surface area contributed by atoms with Gasteiger partial charge in [0.15, 0.2) is 0 Å². The Morgan fingerprint density at radius 1 is 1.35 bits per heavy atom. The van der Waals surface area contributed by atoms with Gasteiger partial charge in [0.1, 0.15) is 5.82 Å². The molecule has 7 heteroatoms. The third-order valence-electron chi connectivity index (χ3n) is 2.76. The number of rotatable bonds is 4. The van der Waals surface area contributed by atoms with Crippen LogP contribution in [0.3, 0.4) is 0 Å². The second-order valence-corrected chi connectivity index (χ2v) is 4.72. The smallest absolute Gasteiger partial charge is 0.367 e. The number of halogens is 3. The molecular formula is C13H15F3N4. The summed E-state index contributed by atoms with van der Waals surface area (Å²) in [6, 6.07) is 4.29. The maximum atomic E-state index is 12.4. The molecule has 0 spiro atoms. The van der Waals surface area contributed by atoms with E-state index in [9.17, 15) is 13.2 Å². The van der Waals surface area contributed by atoms with Crippen molar-refractivity contribution in [3.05, 3.63) is 41.3 Å². The Balaban J connectivity index is 1.96. The molecule has 20 heavy (non-hydrogen) atoms. The first-order valence-electron chi connectivity index (χ1n) is 6.15. The highest BCUT2D eigenvalue weighted by atomic mass is 19.4. The zero-order valence-electron chi connectivity index (χ0n) is 11.1. The van der Waals surface area contributed by atoms with Crippen LogP contribution in [0.5, 0.6) is 0 Å². The van der Waals surface area contributed by atoms with Crippen molar-refractivity contribution >= 4 is 5.82 Å². The van der Waals surface area contributed by atoms with Gasteiger partial charge in [-0.1, -0.05) is 0 Å². The molecule has 1 atom stereocenters. The Kier molecular flexibility index (Phi) is 3.96. The molecule has 2 aromatic heterocycles. The molecule has 4 nitrogen and oxygen atoms in total. The van der Waals surface area contributed by atoms with Gasteiger partial charge < -0.3 is 5.32 Å². The molecule has 0 bridgehead atoms. The molecule has 108 valence electrons. The standard InChI is InChI=1S/C13H15F3N4/c1-8(5-11-6-9(2)19-20-11)18-12-4-3-10(7-17-12)13(14,15)16/h3-4,6-8H,5H2,1-2H3,(H,17,18)(H,19,20). The van der Waals surface area contributed by atoms with Crippen LogP contribution in [0, 0.1) is 6.92 Å². The average Bonchev–Trinajstić information content (AvgIpc) is 2.74. The van der Waals surface area contributed by atoms with E-state index in [2.05, 4.69) is 20.5 Å². The van der Waals surface area contributed by atoms with E-state index in [1.165, 1.54) is 6.07 Å². The SMILES string of the molecule is Cc1cc(CC(C)Nc2ccc(C(F)(F)F)cn2)n[nH]1. The van der Waals surface area contributed by atoms with Crippen molar-refractivity contribution in [2.24, 2.45) is 0 Å². The second kappa shape index (κ2) is 5.52. The van der Waals surface area contributed by atoms with Crippen molar-refractivity contribution in [3.63, 3.8) is 0 Å². The highest BCUT2D eigenvalue weighted by Crippen LogP contribution is 2.28. The van der Waals surface area contributed by atoms with Gasteiger partial charge in [-0.15, -0.1) is 0 Å². The van der Waals surface area contributed by atoms with Gasteiger partial charge >= 0.3 is 6.18 Å². The van der Waals surface area contributed by atoms with Crippen LogP contribution in [0.2, 0.25) is 0 Å². The lowest BCUT2D eigenvalue weighted by Gasteiger charge is -2.14. The number of alkyl halides is 3. The molecule has 0 amide bonds. The number of aromatic amines is 1. The summed E-state index contributed by atoms with van der Waals surface area (Å²) in [5.41, 5.74) is 1.12. The quantitative estimate of drug-likeness (QED) is 0.906. The zero-order valence-corrected chi connectivity index (χ0v) is 11.1. The molecule has 0 saturated heterocycles. The topological polar surface area (TPSA) is 53.6 Å². The Labute approximate surface area is 114 Å². The Morgan fingerprint density at radius 3 is 2.60 bits per heavy atom. The number of pyridine rings is 1. The van der Waals surface area contributed by atoms with Crippen LogP contribution in [-0.2, 0) is 12.6 Å². The molecule has 1 unspecified atom stereocenters. The Bertz CT molecular complexity index is 560. The number of aryl methyl sites for hydroxylation is 1. The van der Waals surface area contributed by atoms with Crippen molar-refractivity contribution in [1.29, 1.82) is 0 Å². The molecule has 0 aromatic carbocycles. The van der Waals surface area contributed by atoms with Gasteiger partial charge in [0.05, 0.1) is 11.3 Å². The van der Waals surface area contributed by atoms with Crippen molar-refractivity contribution in [3.8, 4) is 0 Å². The number of H-pyrrole nitrogens is 1. The predicted molar refractivity (Wildman–Crippen MR) is 69.4 cm³/mol. The van der Waals surface area contributed by atoms with Gasteiger partial charge in [-0.25, -0.2) is 4.98 Å². The lowest BCUT2D eigenvalue weighted by Crippen LogP contribution is -2.19. The van der Waals surface area contributed by atoms with E-state index in [0.29, 0.717) is 12.2 Å². The van der Waals surface area contributed by atoms with E-state index in [1.54, 1.807) is 0 Å². The van der Waals surface area contributed by atoms with Crippen LogP contribution in [0.1, 0.15) is 23.9 Å². The highest BCUT2D eigenvalue weighted by Gasteiger charge is 2.30. The fourth-order valence-electron chi connectivity index (χ4n) is 1.84. The first-order valence-corrected chi connectivity index (χ1v) is 6.15. The summed E-state index contributed by atoms with van der Waals surface area (Å²) in [6.45, 7) is 3.83. The van der Waals surface area contributed by atoms with E-state index in [-0.39, 0.29) is 6.04 Å². The van der Waals surface area contributed by atoms with Crippen LogP contribution in [0.25, 0.3) is 0 Å². The van der Waals surface area contributed by atoms with E-state index in [0.717, 1.165) is 23.7 Å². The number of anilines is 1. The third-order valence-corrected chi connectivity index (χ3v) is 2.76. The molecule has 0 aliphatic heterocycles. The lowest BCUT2D eigenvalue weighted by atomic mass is 10.2. The Hall–Kier alpha value is -2.05. The van der Waals surface area contributed by atoms with Crippen molar-refractivity contribution < 1.29 is 13.2 Å². The largest absolute Gasteiger partial charge is 0.417 e. The molecule has 2 rings (SSSR count). The number of hydrogen-bond donors (Lipinski definition) is 2. The number of nitrogens with one attached hydrogen (secondary N) is 2. The third kappa shape index (κ3) is 3.72. The van der Waals surface area contributed by atoms with E-state index < -0.39 is 11.7 Å². The van der Waals surface area contributed by atoms with Crippen LogP contribution in [0.15, 0.2) is 24.4 Å². The van der Waals surface area contributed by atoms with Gasteiger partial charge in [-0.05, 0) is 32.0 Å². The molecule has 0 aliphatic rings. The van der Waals surface area contributed by atoms with Gasteiger partial charge in [-0.3, -0.25) is 5.10 Å². The van der Waals surface area contributed by atoms with Gasteiger partial charge in [0.25, 0.3) is 0 Å². The van der Waals surface area contributed by atoms with Crippen molar-refractivity contribution in [2.45, 2.75) is 32.5 Å². The molecule has 0 radical (unpaired) electrons. The molecule has 2 N–H and O–H groups in total. The van der Waals surface area contributed by atoms with Crippen molar-refractivity contribution in [1.82, 2.24) is 15.2 Å². The second-order valence-electron chi connectivity index (χ2n) is 4.72. The fourth-order valence-corrected chi connectivity index (χ4v) is 1.84. The first-order chi connectivity index (χ1) is 9.34. The van der Waals surface area contributed by atoms with E-state index in [1.807, 2.05) is 19.9 Å². The van der Waals surface area contributed by atoms with Gasteiger partial charge in [0.2, 0.25) is 0 Å². The van der Waals surface area contributed by atoms with Crippen LogP contribution in [0.4, 0.5) is 19.0 Å². The maximum Gasteiger partial charge on any atom is 0.417 e. The average molecular weight is 284 g/mol. The summed E-state index contributed by atoms with van der Waals surface area (Å²) < 4.78 is 37.2. The lowest BCUT2D eigenvalue weighted by molar-refractivity contribution is -0.137. The number of hydrogen-bond acceptors (Lipinski definition) is 3. The molecule has 2 heterocycles. The first kappa shape index (κ1) is 14.4. The normalized spacial score (nSPS) is 13.2. The minimum absolute atomic E-state index is 0.0157.